The van der Waals surface area contributed by atoms with Crippen LogP contribution in [0.3, 0.4) is 0 Å². The smallest absolute Gasteiger partial charge is 0.369 e. The molecule has 1 aliphatic heterocycles. The third kappa shape index (κ3) is 5.57. The first-order chi connectivity index (χ1) is 16.2. The van der Waals surface area contributed by atoms with Crippen LogP contribution in [0.25, 0.3) is 11.6 Å². The summed E-state index contributed by atoms with van der Waals surface area (Å²) in [5, 5.41) is 3.78. The first-order valence-electron chi connectivity index (χ1n) is 10.3. The number of para-hydroxylation sites is 1. The molecular weight excluding hydrogens is 457 g/mol. The molecule has 11 nitrogen and oxygen atoms in total. The molecule has 3 heterocycles. The van der Waals surface area contributed by atoms with E-state index in [4.69, 9.17) is 15.0 Å². The molecule has 1 aliphatic rings. The number of halogens is 3. The van der Waals surface area contributed by atoms with E-state index >= 15 is 0 Å². The number of amides is 1. The van der Waals surface area contributed by atoms with E-state index in [2.05, 4.69) is 25.1 Å². The zero-order valence-corrected chi connectivity index (χ0v) is 18.1. The van der Waals surface area contributed by atoms with Crippen LogP contribution < -0.4 is 10.6 Å². The van der Waals surface area contributed by atoms with Gasteiger partial charge in [0.05, 0.1) is 6.10 Å². The van der Waals surface area contributed by atoms with Crippen molar-refractivity contribution in [3.05, 3.63) is 36.2 Å². The Hall–Kier alpha value is -3.81. The van der Waals surface area contributed by atoms with E-state index in [1.54, 1.807) is 11.9 Å². The molecule has 2 N–H and O–H groups in total. The second-order valence-corrected chi connectivity index (χ2v) is 7.55. The molecule has 0 atom stereocenters. The Bertz CT molecular complexity index is 1130. The van der Waals surface area contributed by atoms with Gasteiger partial charge in [0.15, 0.2) is 0 Å². The summed E-state index contributed by atoms with van der Waals surface area (Å²) in [5.74, 6) is -0.692. The maximum absolute atomic E-state index is 12.7. The van der Waals surface area contributed by atoms with Crippen molar-refractivity contribution >= 4 is 23.5 Å². The minimum Gasteiger partial charge on any atom is -0.369 e. The number of piperidine rings is 1. The number of aromatic nitrogens is 5. The van der Waals surface area contributed by atoms with Gasteiger partial charge in [0.2, 0.25) is 23.5 Å². The lowest BCUT2D eigenvalue weighted by Gasteiger charge is -2.31. The highest BCUT2D eigenvalue weighted by molar-refractivity contribution is 5.90. The summed E-state index contributed by atoms with van der Waals surface area (Å²) in [6.07, 6.45) is -4.43. The number of hydrogen-bond acceptors (Lipinski definition) is 10. The number of nitrogens with zero attached hydrogens (tertiary/aromatic N) is 7. The van der Waals surface area contributed by atoms with Crippen LogP contribution in [-0.4, -0.2) is 74.9 Å². The number of alkyl halides is 3. The number of carbonyl (C=O) groups excluding carboxylic acids is 1. The molecule has 1 saturated heterocycles. The SMILES string of the molecule is CN(c1ccccc1)c1nc(N)nc(-c2noc(C(=O)N3CCC(OCC(F)(F)F)CC3)n2)n1. The van der Waals surface area contributed by atoms with Gasteiger partial charge in [0.1, 0.15) is 6.61 Å². The fraction of sp³-hybridized carbons (Fsp3) is 0.400. The van der Waals surface area contributed by atoms with Crippen LogP contribution in [0.15, 0.2) is 34.9 Å². The number of nitrogens with two attached hydrogens (primary N) is 1. The van der Waals surface area contributed by atoms with Crippen molar-refractivity contribution in [2.75, 3.05) is 37.4 Å². The highest BCUT2D eigenvalue weighted by atomic mass is 19.4. The minimum atomic E-state index is -4.39. The first-order valence-corrected chi connectivity index (χ1v) is 10.3. The van der Waals surface area contributed by atoms with Gasteiger partial charge >= 0.3 is 18.0 Å². The second-order valence-electron chi connectivity index (χ2n) is 7.55. The van der Waals surface area contributed by atoms with Gasteiger partial charge in [-0.2, -0.15) is 33.1 Å². The molecule has 2 aromatic heterocycles. The number of ether oxygens (including phenoxy) is 1. The van der Waals surface area contributed by atoms with Crippen molar-refractivity contribution in [3.8, 4) is 11.6 Å². The molecule has 34 heavy (non-hydrogen) atoms. The van der Waals surface area contributed by atoms with Crippen molar-refractivity contribution in [3.63, 3.8) is 0 Å². The van der Waals surface area contributed by atoms with Crippen molar-refractivity contribution < 1.29 is 27.2 Å². The normalized spacial score (nSPS) is 14.9. The lowest BCUT2D eigenvalue weighted by molar-refractivity contribution is -0.188. The van der Waals surface area contributed by atoms with E-state index in [0.717, 1.165) is 5.69 Å². The van der Waals surface area contributed by atoms with E-state index in [1.165, 1.54) is 4.90 Å². The molecule has 1 fully saturated rings. The molecule has 4 rings (SSSR count). The average Bonchev–Trinajstić information content (AvgIpc) is 3.32. The number of likely N-dealkylation sites (tertiary alicyclic amines) is 1. The van der Waals surface area contributed by atoms with Crippen molar-refractivity contribution in [1.29, 1.82) is 0 Å². The Labute approximate surface area is 191 Å². The Morgan fingerprint density at radius 2 is 1.85 bits per heavy atom. The molecule has 0 bridgehead atoms. The van der Waals surface area contributed by atoms with Gasteiger partial charge < -0.3 is 24.8 Å². The molecule has 0 saturated carbocycles. The average molecular weight is 478 g/mol. The van der Waals surface area contributed by atoms with Crippen LogP contribution in [-0.2, 0) is 4.74 Å². The van der Waals surface area contributed by atoms with E-state index in [0.29, 0.717) is 0 Å². The van der Waals surface area contributed by atoms with Crippen LogP contribution in [0.4, 0.5) is 30.8 Å². The Balaban J connectivity index is 1.43. The van der Waals surface area contributed by atoms with Crippen molar-refractivity contribution in [1.82, 2.24) is 30.0 Å². The number of anilines is 3. The summed E-state index contributed by atoms with van der Waals surface area (Å²) in [6, 6.07) is 9.32. The third-order valence-electron chi connectivity index (χ3n) is 5.11. The topological polar surface area (TPSA) is 136 Å². The van der Waals surface area contributed by atoms with Gasteiger partial charge in [-0.25, -0.2) is 0 Å². The first kappa shape index (κ1) is 23.4. The zero-order chi connectivity index (χ0) is 24.3. The van der Waals surface area contributed by atoms with Crippen LogP contribution in [0, 0.1) is 0 Å². The van der Waals surface area contributed by atoms with Gasteiger partial charge in [0, 0.05) is 25.8 Å². The molecule has 0 unspecified atom stereocenters. The van der Waals surface area contributed by atoms with Crippen molar-refractivity contribution in [2.24, 2.45) is 0 Å². The van der Waals surface area contributed by atoms with E-state index in [9.17, 15) is 18.0 Å². The fourth-order valence-corrected chi connectivity index (χ4v) is 3.37. The van der Waals surface area contributed by atoms with Gasteiger partial charge in [0.25, 0.3) is 0 Å². The summed E-state index contributed by atoms with van der Waals surface area (Å²) in [5.41, 5.74) is 6.64. The fourth-order valence-electron chi connectivity index (χ4n) is 3.37. The summed E-state index contributed by atoms with van der Waals surface area (Å²) < 4.78 is 46.9. The quantitative estimate of drug-likeness (QED) is 0.562. The standard InChI is InChI=1S/C20H21F3N8O3/c1-30(12-5-3-2-4-6-12)19-27-14(26-18(24)28-19)15-25-16(34-29-15)17(32)31-9-7-13(8-10-31)33-11-20(21,22)23/h2-6,13H,7-11H2,1H3,(H2,24,26,27,28). The van der Waals surface area contributed by atoms with Crippen LogP contribution in [0.1, 0.15) is 23.5 Å². The zero-order valence-electron chi connectivity index (χ0n) is 18.1. The maximum atomic E-state index is 12.7. The number of benzene rings is 1. The van der Waals surface area contributed by atoms with E-state index in [1.807, 2.05) is 30.3 Å². The van der Waals surface area contributed by atoms with Gasteiger partial charge in [-0.3, -0.25) is 4.79 Å². The summed E-state index contributed by atoms with van der Waals surface area (Å²) in [6.45, 7) is -0.914. The molecule has 0 radical (unpaired) electrons. The molecule has 1 amide bonds. The predicted octanol–water partition coefficient (Wildman–Crippen LogP) is 2.46. The Morgan fingerprint density at radius 1 is 1.15 bits per heavy atom. The predicted molar refractivity (Wildman–Crippen MR) is 113 cm³/mol. The maximum Gasteiger partial charge on any atom is 0.411 e. The lowest BCUT2D eigenvalue weighted by atomic mass is 10.1. The molecule has 14 heteroatoms. The minimum absolute atomic E-state index is 0.0207. The molecule has 3 aromatic rings. The molecule has 1 aromatic carbocycles. The molecule has 0 spiro atoms. The highest BCUT2D eigenvalue weighted by Gasteiger charge is 2.32. The lowest BCUT2D eigenvalue weighted by Crippen LogP contribution is -2.41. The number of nitrogen functional groups attached to an aromatic ring is 1. The van der Waals surface area contributed by atoms with Crippen LogP contribution in [0.2, 0.25) is 0 Å². The summed E-state index contributed by atoms with van der Waals surface area (Å²) in [4.78, 5) is 32.4. The highest BCUT2D eigenvalue weighted by Crippen LogP contribution is 2.23. The van der Waals surface area contributed by atoms with E-state index < -0.39 is 24.8 Å². The van der Waals surface area contributed by atoms with Crippen LogP contribution >= 0.6 is 0 Å². The Morgan fingerprint density at radius 3 is 2.53 bits per heavy atom. The number of carbonyl (C=O) groups is 1. The second kappa shape index (κ2) is 9.59. The summed E-state index contributed by atoms with van der Waals surface area (Å²) >= 11 is 0. The Kier molecular flexibility index (Phi) is 6.58. The van der Waals surface area contributed by atoms with Crippen LogP contribution in [0.5, 0.6) is 0 Å². The molecular formula is C20H21F3N8O3. The summed E-state index contributed by atoms with van der Waals surface area (Å²) in [7, 11) is 1.75. The van der Waals surface area contributed by atoms with Gasteiger partial charge in [-0.1, -0.05) is 23.4 Å². The van der Waals surface area contributed by atoms with Gasteiger partial charge in [-0.05, 0) is 25.0 Å². The monoisotopic (exact) mass is 478 g/mol. The number of rotatable bonds is 6. The van der Waals surface area contributed by atoms with Crippen molar-refractivity contribution in [2.45, 2.75) is 25.1 Å². The third-order valence-corrected chi connectivity index (χ3v) is 5.11. The van der Waals surface area contributed by atoms with E-state index in [-0.39, 0.29) is 55.4 Å². The molecule has 180 valence electrons. The molecule has 0 aliphatic carbocycles. The largest absolute Gasteiger partial charge is 0.411 e. The van der Waals surface area contributed by atoms with Gasteiger partial charge in [-0.15, -0.1) is 0 Å². The number of hydrogen-bond donors (Lipinski definition) is 1.